The minimum absolute atomic E-state index is 1.16. The fourth-order valence-electron chi connectivity index (χ4n) is 7.16. The lowest BCUT2D eigenvalue weighted by Crippen LogP contribution is -1.95. The van der Waals surface area contributed by atoms with Crippen LogP contribution in [0.2, 0.25) is 0 Å². The lowest BCUT2D eigenvalue weighted by atomic mass is 10.0. The fourth-order valence-corrected chi connectivity index (χ4v) is 7.16. The van der Waals surface area contributed by atoms with Crippen molar-refractivity contribution in [2.75, 3.05) is 0 Å². The summed E-state index contributed by atoms with van der Waals surface area (Å²) in [6.07, 6.45) is 0. The fraction of sp³-hybridized carbons (Fsp3) is 0.0233. The van der Waals surface area contributed by atoms with Crippen LogP contribution in [-0.2, 0) is 0 Å². The summed E-state index contributed by atoms with van der Waals surface area (Å²) in [5.41, 5.74) is 13.4. The van der Waals surface area contributed by atoms with Crippen LogP contribution >= 0.6 is 0 Å². The van der Waals surface area contributed by atoms with Crippen LogP contribution in [-0.4, -0.2) is 9.13 Å². The van der Waals surface area contributed by atoms with Gasteiger partial charge >= 0.3 is 0 Å². The predicted molar refractivity (Wildman–Crippen MR) is 191 cm³/mol. The first-order valence-electron chi connectivity index (χ1n) is 15.5. The Kier molecular flexibility index (Phi) is 5.76. The molecule has 0 aliphatic rings. The maximum absolute atomic E-state index is 2.43. The SMILES string of the molecule is Cc1cccc(-c2ccc(-n3c4ccccc4c4c5c6ccccc6n(-c6cccc(-c7ccccc7)c6)c5ccc43)cc2)c1. The minimum atomic E-state index is 1.16. The lowest BCUT2D eigenvalue weighted by molar-refractivity contribution is 1.17. The molecule has 0 N–H and O–H groups in total. The van der Waals surface area contributed by atoms with E-state index in [-0.39, 0.29) is 0 Å². The summed E-state index contributed by atoms with van der Waals surface area (Å²) in [5.74, 6) is 0. The Morgan fingerprint density at radius 3 is 1.49 bits per heavy atom. The molecule has 0 atom stereocenters. The summed E-state index contributed by atoms with van der Waals surface area (Å²) >= 11 is 0. The molecule has 0 aliphatic carbocycles. The summed E-state index contributed by atoms with van der Waals surface area (Å²) in [6.45, 7) is 2.15. The number of aromatic nitrogens is 2. The highest BCUT2D eigenvalue weighted by Crippen LogP contribution is 2.42. The van der Waals surface area contributed by atoms with Crippen LogP contribution in [0.1, 0.15) is 5.56 Å². The molecule has 45 heavy (non-hydrogen) atoms. The molecule has 2 aromatic heterocycles. The quantitative estimate of drug-likeness (QED) is 0.198. The van der Waals surface area contributed by atoms with Gasteiger partial charge in [-0.15, -0.1) is 0 Å². The summed E-state index contributed by atoms with van der Waals surface area (Å²) in [5, 5.41) is 5.11. The standard InChI is InChI=1S/C43H30N2/c1-29-11-9-14-32(27-29)31-21-23-34(24-22-31)44-38-19-7-5-17-36(38)42-40(44)25-26-41-43(42)37-18-6-8-20-39(37)45(41)35-16-10-15-33(28-35)30-12-3-2-4-13-30/h2-28H,1H3. The average Bonchev–Trinajstić information content (AvgIpc) is 3.62. The average molecular weight is 575 g/mol. The Morgan fingerprint density at radius 1 is 0.333 bits per heavy atom. The number of nitrogens with zero attached hydrogens (tertiary/aromatic N) is 2. The van der Waals surface area contributed by atoms with Crippen LogP contribution in [0, 0.1) is 6.92 Å². The van der Waals surface area contributed by atoms with Crippen LogP contribution in [0.15, 0.2) is 164 Å². The molecule has 0 aliphatic heterocycles. The number of aryl methyl sites for hydroxylation is 1. The maximum atomic E-state index is 2.43. The van der Waals surface area contributed by atoms with Gasteiger partial charge in [-0.05, 0) is 77.7 Å². The highest BCUT2D eigenvalue weighted by molar-refractivity contribution is 6.28. The van der Waals surface area contributed by atoms with Crippen molar-refractivity contribution in [3.63, 3.8) is 0 Å². The molecule has 0 amide bonds. The molecule has 2 heteroatoms. The van der Waals surface area contributed by atoms with Crippen molar-refractivity contribution in [1.82, 2.24) is 9.13 Å². The zero-order valence-corrected chi connectivity index (χ0v) is 25.0. The molecular formula is C43H30N2. The monoisotopic (exact) mass is 574 g/mol. The first kappa shape index (κ1) is 25.6. The third-order valence-corrected chi connectivity index (χ3v) is 9.16. The second-order valence-corrected chi connectivity index (χ2v) is 11.9. The Morgan fingerprint density at radius 2 is 0.844 bits per heavy atom. The molecule has 7 aromatic carbocycles. The smallest absolute Gasteiger partial charge is 0.0548 e. The van der Waals surface area contributed by atoms with Crippen molar-refractivity contribution >= 4 is 43.6 Å². The summed E-state index contributed by atoms with van der Waals surface area (Å²) < 4.78 is 4.85. The Hall–Kier alpha value is -5.86. The van der Waals surface area contributed by atoms with Gasteiger partial charge in [0.05, 0.1) is 22.1 Å². The van der Waals surface area contributed by atoms with Crippen molar-refractivity contribution in [2.24, 2.45) is 0 Å². The molecule has 0 saturated heterocycles. The highest BCUT2D eigenvalue weighted by Gasteiger charge is 2.20. The molecule has 0 bridgehead atoms. The van der Waals surface area contributed by atoms with Crippen molar-refractivity contribution in [1.29, 1.82) is 0 Å². The number of para-hydroxylation sites is 2. The first-order chi connectivity index (χ1) is 22.2. The van der Waals surface area contributed by atoms with Gasteiger partial charge in [0.25, 0.3) is 0 Å². The van der Waals surface area contributed by atoms with E-state index in [4.69, 9.17) is 0 Å². The number of hydrogen-bond acceptors (Lipinski definition) is 0. The largest absolute Gasteiger partial charge is 0.309 e. The number of hydrogen-bond donors (Lipinski definition) is 0. The van der Waals surface area contributed by atoms with Gasteiger partial charge in [-0.2, -0.15) is 0 Å². The molecule has 0 radical (unpaired) electrons. The molecular weight excluding hydrogens is 544 g/mol. The Bertz CT molecular complexity index is 2530. The third kappa shape index (κ3) is 4.03. The first-order valence-corrected chi connectivity index (χ1v) is 15.5. The normalized spacial score (nSPS) is 11.7. The van der Waals surface area contributed by atoms with Gasteiger partial charge in [-0.25, -0.2) is 0 Å². The molecule has 9 rings (SSSR count). The van der Waals surface area contributed by atoms with Gasteiger partial charge in [0.2, 0.25) is 0 Å². The van der Waals surface area contributed by atoms with Crippen LogP contribution in [0.5, 0.6) is 0 Å². The zero-order valence-electron chi connectivity index (χ0n) is 25.0. The van der Waals surface area contributed by atoms with Gasteiger partial charge in [-0.3, -0.25) is 0 Å². The number of rotatable bonds is 4. The van der Waals surface area contributed by atoms with E-state index < -0.39 is 0 Å². The molecule has 2 heterocycles. The molecule has 0 fully saturated rings. The van der Waals surface area contributed by atoms with Crippen molar-refractivity contribution in [2.45, 2.75) is 6.92 Å². The van der Waals surface area contributed by atoms with E-state index in [9.17, 15) is 0 Å². The Balaban J connectivity index is 1.30. The Labute approximate surface area is 262 Å². The molecule has 0 spiro atoms. The second kappa shape index (κ2) is 10.1. The van der Waals surface area contributed by atoms with Gasteiger partial charge in [0.15, 0.2) is 0 Å². The van der Waals surface area contributed by atoms with Crippen LogP contribution in [0.4, 0.5) is 0 Å². The van der Waals surface area contributed by atoms with E-state index in [1.807, 2.05) is 0 Å². The predicted octanol–water partition coefficient (Wildman–Crippen LogP) is 11.5. The minimum Gasteiger partial charge on any atom is -0.309 e. The van der Waals surface area contributed by atoms with E-state index in [1.54, 1.807) is 0 Å². The number of benzene rings is 7. The maximum Gasteiger partial charge on any atom is 0.0548 e. The van der Waals surface area contributed by atoms with Gasteiger partial charge < -0.3 is 9.13 Å². The molecule has 2 nitrogen and oxygen atoms in total. The summed E-state index contributed by atoms with van der Waals surface area (Å²) in [6, 6.07) is 59.5. The summed E-state index contributed by atoms with van der Waals surface area (Å²) in [4.78, 5) is 0. The highest BCUT2D eigenvalue weighted by atomic mass is 15.0. The van der Waals surface area contributed by atoms with Crippen LogP contribution in [0.25, 0.3) is 77.2 Å². The third-order valence-electron chi connectivity index (χ3n) is 9.16. The lowest BCUT2D eigenvalue weighted by Gasteiger charge is -2.11. The van der Waals surface area contributed by atoms with Gasteiger partial charge in [0.1, 0.15) is 0 Å². The molecule has 212 valence electrons. The van der Waals surface area contributed by atoms with Crippen molar-refractivity contribution < 1.29 is 0 Å². The second-order valence-electron chi connectivity index (χ2n) is 11.9. The van der Waals surface area contributed by atoms with E-state index in [0.29, 0.717) is 0 Å². The van der Waals surface area contributed by atoms with E-state index in [0.717, 1.165) is 11.4 Å². The number of fused-ring (bicyclic) bond motifs is 7. The van der Waals surface area contributed by atoms with E-state index >= 15 is 0 Å². The molecule has 0 saturated carbocycles. The van der Waals surface area contributed by atoms with Gasteiger partial charge in [-0.1, -0.05) is 121 Å². The topological polar surface area (TPSA) is 9.86 Å². The van der Waals surface area contributed by atoms with Gasteiger partial charge in [0, 0.05) is 32.9 Å². The van der Waals surface area contributed by atoms with E-state index in [1.165, 1.54) is 71.4 Å². The van der Waals surface area contributed by atoms with Crippen LogP contribution < -0.4 is 0 Å². The van der Waals surface area contributed by atoms with Crippen LogP contribution in [0.3, 0.4) is 0 Å². The molecule has 0 unspecified atom stereocenters. The van der Waals surface area contributed by atoms with E-state index in [2.05, 4.69) is 180 Å². The molecule has 9 aromatic rings. The zero-order chi connectivity index (χ0) is 29.9. The summed E-state index contributed by atoms with van der Waals surface area (Å²) in [7, 11) is 0. The van der Waals surface area contributed by atoms with Crippen molar-refractivity contribution in [3.8, 4) is 33.6 Å². The van der Waals surface area contributed by atoms with Crippen molar-refractivity contribution in [3.05, 3.63) is 169 Å².